The van der Waals surface area contributed by atoms with E-state index >= 15 is 0 Å². The smallest absolute Gasteiger partial charge is 0.410 e. The number of rotatable bonds is 10. The summed E-state index contributed by atoms with van der Waals surface area (Å²) in [6, 6.07) is 5.90. The van der Waals surface area contributed by atoms with E-state index in [1.54, 1.807) is 11.8 Å². The molecule has 1 saturated heterocycles. The van der Waals surface area contributed by atoms with Crippen molar-refractivity contribution >= 4 is 44.3 Å². The molecule has 0 saturated carbocycles. The lowest BCUT2D eigenvalue weighted by Crippen LogP contribution is -2.37. The highest BCUT2D eigenvalue weighted by molar-refractivity contribution is 7.89. The molecule has 1 aromatic heterocycles. The van der Waals surface area contributed by atoms with E-state index in [2.05, 4.69) is 5.32 Å². The van der Waals surface area contributed by atoms with E-state index in [9.17, 15) is 22.8 Å². The molecule has 1 aromatic carbocycles. The number of hydrogen-bond acceptors (Lipinski definition) is 7. The fourth-order valence-corrected chi connectivity index (χ4v) is 7.90. The van der Waals surface area contributed by atoms with Crippen LogP contribution in [-0.4, -0.2) is 79.8 Å². The zero-order valence-corrected chi connectivity index (χ0v) is 25.0. The number of carbonyl (C=O) groups is 3. The molecule has 0 spiro atoms. The van der Waals surface area contributed by atoms with E-state index in [1.807, 2.05) is 18.7 Å². The molecule has 218 valence electrons. The summed E-state index contributed by atoms with van der Waals surface area (Å²) >= 11 is 1.30. The maximum Gasteiger partial charge on any atom is 0.410 e. The largest absolute Gasteiger partial charge is 0.450 e. The molecule has 2 aliphatic rings. The number of fused-ring (bicyclic) bond motifs is 1. The third kappa shape index (κ3) is 6.34. The molecular formula is C28H38N4O6S2. The van der Waals surface area contributed by atoms with Crippen LogP contribution in [0.15, 0.2) is 29.2 Å². The van der Waals surface area contributed by atoms with Crippen LogP contribution in [0.3, 0.4) is 0 Å². The summed E-state index contributed by atoms with van der Waals surface area (Å²) in [5.41, 5.74) is 1.62. The molecule has 0 radical (unpaired) electrons. The van der Waals surface area contributed by atoms with Gasteiger partial charge in [-0.3, -0.25) is 9.59 Å². The zero-order chi connectivity index (χ0) is 28.9. The van der Waals surface area contributed by atoms with Gasteiger partial charge >= 0.3 is 6.09 Å². The third-order valence-electron chi connectivity index (χ3n) is 7.12. The van der Waals surface area contributed by atoms with Crippen LogP contribution in [-0.2, 0) is 27.7 Å². The first-order chi connectivity index (χ1) is 19.2. The van der Waals surface area contributed by atoms with Crippen LogP contribution in [0.25, 0.3) is 0 Å². The van der Waals surface area contributed by atoms with E-state index in [0.29, 0.717) is 56.3 Å². The van der Waals surface area contributed by atoms with Gasteiger partial charge in [0.2, 0.25) is 10.0 Å². The van der Waals surface area contributed by atoms with E-state index in [1.165, 1.54) is 39.9 Å². The maximum atomic E-state index is 13.8. The van der Waals surface area contributed by atoms with Gasteiger partial charge in [-0.1, -0.05) is 13.8 Å². The molecule has 0 aliphatic carbocycles. The lowest BCUT2D eigenvalue weighted by atomic mass is 10.0. The fraction of sp³-hybridized carbons (Fsp3) is 0.536. The van der Waals surface area contributed by atoms with E-state index in [-0.39, 0.29) is 23.0 Å². The first kappa shape index (κ1) is 30.0. The minimum Gasteiger partial charge on any atom is -0.450 e. The highest BCUT2D eigenvalue weighted by atomic mass is 32.2. The van der Waals surface area contributed by atoms with E-state index in [0.717, 1.165) is 36.1 Å². The predicted molar refractivity (Wildman–Crippen MR) is 154 cm³/mol. The normalized spacial score (nSPS) is 15.5. The van der Waals surface area contributed by atoms with Gasteiger partial charge in [0, 0.05) is 43.2 Å². The molecule has 3 amide bonds. The van der Waals surface area contributed by atoms with Crippen molar-refractivity contribution in [1.82, 2.24) is 14.1 Å². The summed E-state index contributed by atoms with van der Waals surface area (Å²) < 4.78 is 32.4. The van der Waals surface area contributed by atoms with Gasteiger partial charge in [0.05, 0.1) is 23.6 Å². The highest BCUT2D eigenvalue weighted by Crippen LogP contribution is 2.38. The summed E-state index contributed by atoms with van der Waals surface area (Å²) in [6.45, 7) is 9.02. The lowest BCUT2D eigenvalue weighted by Gasteiger charge is -2.27. The van der Waals surface area contributed by atoms with Gasteiger partial charge < -0.3 is 19.9 Å². The Hall–Kier alpha value is -2.96. The number of anilines is 1. The van der Waals surface area contributed by atoms with Crippen molar-refractivity contribution in [2.75, 3.05) is 44.6 Å². The number of amides is 3. The Morgan fingerprint density at radius 2 is 1.65 bits per heavy atom. The van der Waals surface area contributed by atoms with Crippen molar-refractivity contribution < 1.29 is 27.5 Å². The topological polar surface area (TPSA) is 116 Å². The summed E-state index contributed by atoms with van der Waals surface area (Å²) in [5.74, 6) is -0.564. The second-order valence-corrected chi connectivity index (χ2v) is 13.0. The third-order valence-corrected chi connectivity index (χ3v) is 10.2. The quantitative estimate of drug-likeness (QED) is 0.434. The molecule has 0 atom stereocenters. The van der Waals surface area contributed by atoms with Crippen LogP contribution in [0.1, 0.15) is 77.6 Å². The standard InChI is InChI=1S/C28H38N4O6S2/c1-4-14-30(15-5-2)27(34)24-22-13-18-31(28(35)38-6-3)19-23(22)39-26(24)29-25(33)20-9-11-21(12-10-20)40(36,37)32-16-7-8-17-32/h9-12H,4-8,13-19H2,1-3H3,(H,29,33). The molecule has 4 rings (SSSR count). The first-order valence-electron chi connectivity index (χ1n) is 14.0. The predicted octanol–water partition coefficient (Wildman–Crippen LogP) is 4.56. The molecule has 1 fully saturated rings. The average molecular weight is 591 g/mol. The van der Waals surface area contributed by atoms with Crippen molar-refractivity contribution in [3.8, 4) is 0 Å². The van der Waals surface area contributed by atoms with Crippen molar-refractivity contribution in [1.29, 1.82) is 0 Å². The van der Waals surface area contributed by atoms with Crippen LogP contribution in [0.2, 0.25) is 0 Å². The van der Waals surface area contributed by atoms with E-state index < -0.39 is 22.0 Å². The Morgan fingerprint density at radius 3 is 2.25 bits per heavy atom. The monoisotopic (exact) mass is 590 g/mol. The van der Waals surface area contributed by atoms with Crippen molar-refractivity contribution in [2.24, 2.45) is 0 Å². The molecule has 40 heavy (non-hydrogen) atoms. The first-order valence-corrected chi connectivity index (χ1v) is 16.2. The number of nitrogens with one attached hydrogen (secondary N) is 1. The van der Waals surface area contributed by atoms with Crippen LogP contribution >= 0.6 is 11.3 Å². The van der Waals surface area contributed by atoms with Crippen molar-refractivity contribution in [2.45, 2.75) is 64.3 Å². The Labute approximate surface area is 240 Å². The molecular weight excluding hydrogens is 552 g/mol. The van der Waals surface area contributed by atoms with Crippen molar-refractivity contribution in [3.63, 3.8) is 0 Å². The van der Waals surface area contributed by atoms with E-state index in [4.69, 9.17) is 4.74 Å². The Morgan fingerprint density at radius 1 is 1.00 bits per heavy atom. The molecule has 1 N–H and O–H groups in total. The van der Waals surface area contributed by atoms with Gasteiger partial charge in [0.15, 0.2) is 0 Å². The number of carbonyl (C=O) groups excluding carboxylic acids is 3. The summed E-state index contributed by atoms with van der Waals surface area (Å²) in [6.07, 6.45) is 3.39. The fourth-order valence-electron chi connectivity index (χ4n) is 5.13. The molecule has 2 aliphatic heterocycles. The van der Waals surface area contributed by atoms with Crippen LogP contribution in [0.4, 0.5) is 9.80 Å². The number of hydrogen-bond donors (Lipinski definition) is 1. The summed E-state index contributed by atoms with van der Waals surface area (Å²) in [7, 11) is -3.59. The van der Waals surface area contributed by atoms with Gasteiger partial charge in [-0.15, -0.1) is 11.3 Å². The average Bonchev–Trinajstić information content (AvgIpc) is 3.61. The maximum absolute atomic E-state index is 13.8. The number of sulfonamides is 1. The van der Waals surface area contributed by atoms with Gasteiger partial charge in [0.25, 0.3) is 11.8 Å². The SMILES string of the molecule is CCCN(CCC)C(=O)c1c(NC(=O)c2ccc(S(=O)(=O)N3CCCC3)cc2)sc2c1CCN(C(=O)OCC)C2. The summed E-state index contributed by atoms with van der Waals surface area (Å²) in [5, 5.41) is 3.37. The number of thiophene rings is 1. The minimum absolute atomic E-state index is 0.131. The lowest BCUT2D eigenvalue weighted by molar-refractivity contribution is 0.0755. The van der Waals surface area contributed by atoms with Gasteiger partial charge in [0.1, 0.15) is 5.00 Å². The molecule has 2 aromatic rings. The van der Waals surface area contributed by atoms with Crippen LogP contribution < -0.4 is 5.32 Å². The Balaban J connectivity index is 1.62. The molecule has 0 bridgehead atoms. The summed E-state index contributed by atoms with van der Waals surface area (Å²) in [4.78, 5) is 43.9. The van der Waals surface area contributed by atoms with Crippen LogP contribution in [0, 0.1) is 0 Å². The molecule has 3 heterocycles. The van der Waals surface area contributed by atoms with Crippen LogP contribution in [0.5, 0.6) is 0 Å². The minimum atomic E-state index is -3.59. The molecule has 12 heteroatoms. The van der Waals surface area contributed by atoms with Gasteiger partial charge in [-0.05, 0) is 68.9 Å². The van der Waals surface area contributed by atoms with Gasteiger partial charge in [-0.2, -0.15) is 4.31 Å². The molecule has 10 nitrogen and oxygen atoms in total. The van der Waals surface area contributed by atoms with Gasteiger partial charge in [-0.25, -0.2) is 13.2 Å². The second-order valence-electron chi connectivity index (χ2n) is 9.96. The Kier molecular flexibility index (Phi) is 9.85. The Bertz CT molecular complexity index is 1330. The second kappa shape index (κ2) is 13.1. The van der Waals surface area contributed by atoms with Crippen molar-refractivity contribution in [3.05, 3.63) is 45.8 Å². The zero-order valence-electron chi connectivity index (χ0n) is 23.4. The number of nitrogens with zero attached hydrogens (tertiary/aromatic N) is 3. The highest BCUT2D eigenvalue weighted by Gasteiger charge is 2.33. The number of benzene rings is 1. The molecule has 0 unspecified atom stereocenters. The number of ether oxygens (including phenoxy) is 1.